The highest BCUT2D eigenvalue weighted by Crippen LogP contribution is 2.30. The Hall–Kier alpha value is -2.98. The van der Waals surface area contributed by atoms with E-state index in [0.717, 1.165) is 33.8 Å². The fraction of sp³-hybridized carbons (Fsp3) is 0. The van der Waals surface area contributed by atoms with E-state index in [1.165, 1.54) is 0 Å². The lowest BCUT2D eigenvalue weighted by atomic mass is 10.0. The number of halogens is 1. The van der Waals surface area contributed by atoms with Gasteiger partial charge < -0.3 is 5.73 Å². The molecule has 0 radical (unpaired) electrons. The number of benzene rings is 2. The Labute approximate surface area is 142 Å². The first-order valence-electron chi connectivity index (χ1n) is 7.37. The number of nitrogens with zero attached hydrogens (tertiary/aromatic N) is 2. The maximum atomic E-state index is 11.1. The van der Waals surface area contributed by atoms with E-state index >= 15 is 0 Å². The van der Waals surface area contributed by atoms with E-state index in [9.17, 15) is 4.79 Å². The Balaban J connectivity index is 2.02. The van der Waals surface area contributed by atoms with Crippen molar-refractivity contribution >= 4 is 45.4 Å². The molecule has 0 atom stereocenters. The van der Waals surface area contributed by atoms with E-state index in [0.29, 0.717) is 21.9 Å². The molecule has 24 heavy (non-hydrogen) atoms. The molecule has 0 aliphatic carbocycles. The average molecular weight is 334 g/mol. The number of carbonyl (C=O) groups is 1. The minimum absolute atomic E-state index is 0.385. The molecule has 0 aliphatic rings. The van der Waals surface area contributed by atoms with Crippen molar-refractivity contribution in [3.8, 4) is 11.3 Å². The first-order chi connectivity index (χ1) is 11.7. The largest absolute Gasteiger partial charge is 0.396 e. The predicted molar refractivity (Wildman–Crippen MR) is 97.3 cm³/mol. The zero-order valence-electron chi connectivity index (χ0n) is 12.5. The molecule has 5 heteroatoms. The lowest BCUT2D eigenvalue weighted by Crippen LogP contribution is -1.97. The molecular weight excluding hydrogens is 322 g/mol. The zero-order chi connectivity index (χ0) is 16.7. The molecule has 2 N–H and O–H groups in total. The van der Waals surface area contributed by atoms with Crippen LogP contribution in [0.4, 0.5) is 5.69 Å². The summed E-state index contributed by atoms with van der Waals surface area (Å²) in [6, 6.07) is 16.9. The van der Waals surface area contributed by atoms with Crippen molar-refractivity contribution in [1.82, 2.24) is 9.97 Å². The fourth-order valence-electron chi connectivity index (χ4n) is 2.81. The molecule has 4 aromatic rings. The van der Waals surface area contributed by atoms with Crippen LogP contribution in [0.5, 0.6) is 0 Å². The van der Waals surface area contributed by atoms with Gasteiger partial charge in [0.25, 0.3) is 0 Å². The average Bonchev–Trinajstić information content (AvgIpc) is 2.61. The van der Waals surface area contributed by atoms with Crippen molar-refractivity contribution in [3.63, 3.8) is 0 Å². The van der Waals surface area contributed by atoms with E-state index in [1.54, 1.807) is 12.1 Å². The minimum atomic E-state index is 0.385. The number of para-hydroxylation sites is 1. The Morgan fingerprint density at radius 1 is 0.875 bits per heavy atom. The molecule has 0 saturated carbocycles. The number of nitrogens with two attached hydrogens (primary N) is 1. The predicted octanol–water partition coefficient (Wildman–Crippen LogP) is 4.50. The van der Waals surface area contributed by atoms with E-state index in [1.807, 2.05) is 42.5 Å². The number of fused-ring (bicyclic) bond motifs is 2. The van der Waals surface area contributed by atoms with Gasteiger partial charge in [-0.3, -0.25) is 4.79 Å². The third kappa shape index (κ3) is 2.28. The van der Waals surface area contributed by atoms with E-state index < -0.39 is 0 Å². The van der Waals surface area contributed by atoms with Crippen LogP contribution >= 0.6 is 11.6 Å². The van der Waals surface area contributed by atoms with Crippen molar-refractivity contribution < 1.29 is 4.79 Å². The van der Waals surface area contributed by atoms with Crippen LogP contribution in [0.2, 0.25) is 5.15 Å². The van der Waals surface area contributed by atoms with Gasteiger partial charge in [-0.15, -0.1) is 0 Å². The lowest BCUT2D eigenvalue weighted by Gasteiger charge is -2.09. The van der Waals surface area contributed by atoms with Crippen LogP contribution in [0, 0.1) is 0 Å². The van der Waals surface area contributed by atoms with E-state index in [2.05, 4.69) is 9.97 Å². The summed E-state index contributed by atoms with van der Waals surface area (Å²) in [4.78, 5) is 20.2. The van der Waals surface area contributed by atoms with Crippen LogP contribution in [0.3, 0.4) is 0 Å². The van der Waals surface area contributed by atoms with Crippen LogP contribution in [0.25, 0.3) is 33.1 Å². The summed E-state index contributed by atoms with van der Waals surface area (Å²) in [6.07, 6.45) is 0.738. The number of nitrogen functional groups attached to an aromatic ring is 1. The van der Waals surface area contributed by atoms with Crippen LogP contribution in [-0.2, 0) is 0 Å². The highest BCUT2D eigenvalue weighted by molar-refractivity contribution is 6.29. The monoisotopic (exact) mass is 333 g/mol. The van der Waals surface area contributed by atoms with Gasteiger partial charge in [-0.25, -0.2) is 9.97 Å². The first kappa shape index (κ1) is 14.6. The number of pyridine rings is 2. The van der Waals surface area contributed by atoms with Crippen molar-refractivity contribution in [2.45, 2.75) is 0 Å². The van der Waals surface area contributed by atoms with Crippen molar-refractivity contribution in [3.05, 3.63) is 65.3 Å². The second-order valence-electron chi connectivity index (χ2n) is 5.47. The first-order valence-corrected chi connectivity index (χ1v) is 7.75. The normalized spacial score (nSPS) is 11.0. The Bertz CT molecular complexity index is 1110. The highest BCUT2D eigenvalue weighted by atomic mass is 35.5. The van der Waals surface area contributed by atoms with Gasteiger partial charge in [-0.05, 0) is 24.3 Å². The Kier molecular flexibility index (Phi) is 3.40. The summed E-state index contributed by atoms with van der Waals surface area (Å²) in [6.45, 7) is 0. The van der Waals surface area contributed by atoms with Crippen molar-refractivity contribution in [1.29, 1.82) is 0 Å². The number of anilines is 1. The number of hydrogen-bond donors (Lipinski definition) is 1. The molecule has 0 spiro atoms. The maximum Gasteiger partial charge on any atom is 0.152 e. The topological polar surface area (TPSA) is 68.9 Å². The van der Waals surface area contributed by atoms with Gasteiger partial charge in [0.1, 0.15) is 5.15 Å². The summed E-state index contributed by atoms with van der Waals surface area (Å²) >= 11 is 6.05. The van der Waals surface area contributed by atoms with Gasteiger partial charge in [-0.2, -0.15) is 0 Å². The number of aromatic nitrogens is 2. The van der Waals surface area contributed by atoms with E-state index in [4.69, 9.17) is 17.3 Å². The zero-order valence-corrected chi connectivity index (χ0v) is 13.3. The highest BCUT2D eigenvalue weighted by Gasteiger charge is 2.10. The summed E-state index contributed by atoms with van der Waals surface area (Å²) in [7, 11) is 0. The molecule has 0 unspecified atom stereocenters. The van der Waals surface area contributed by atoms with Crippen LogP contribution in [-0.4, -0.2) is 16.3 Å². The number of hydrogen-bond acceptors (Lipinski definition) is 4. The van der Waals surface area contributed by atoms with Crippen molar-refractivity contribution in [2.24, 2.45) is 0 Å². The van der Waals surface area contributed by atoms with Crippen LogP contribution < -0.4 is 5.73 Å². The molecule has 0 bridgehead atoms. The summed E-state index contributed by atoms with van der Waals surface area (Å²) in [5.41, 5.74) is 9.89. The number of aldehydes is 1. The van der Waals surface area contributed by atoms with Crippen LogP contribution in [0.1, 0.15) is 10.4 Å². The summed E-state index contributed by atoms with van der Waals surface area (Å²) in [5.74, 6) is 0. The molecule has 2 aromatic heterocycles. The number of carbonyl (C=O) groups excluding carboxylic acids is 1. The molecule has 0 fully saturated rings. The molecule has 0 saturated heterocycles. The van der Waals surface area contributed by atoms with Gasteiger partial charge in [0.15, 0.2) is 6.29 Å². The van der Waals surface area contributed by atoms with Gasteiger partial charge >= 0.3 is 0 Å². The van der Waals surface area contributed by atoms with Gasteiger partial charge in [0.05, 0.1) is 22.4 Å². The van der Waals surface area contributed by atoms with Crippen LogP contribution in [0.15, 0.2) is 54.6 Å². The van der Waals surface area contributed by atoms with Gasteiger partial charge in [0, 0.05) is 21.9 Å². The summed E-state index contributed by atoms with van der Waals surface area (Å²) in [5, 5.41) is 2.29. The maximum absolute atomic E-state index is 11.1. The third-order valence-corrected chi connectivity index (χ3v) is 4.23. The molecule has 4 rings (SSSR count). The standard InChI is InChI=1S/C19H12ClN3O/c20-16-9-7-11-2-1-3-14(18(11)23-16)15-8-6-12-4-5-13(10-24)17(21)19(12)22-15/h1-10H,21H2. The second kappa shape index (κ2) is 5.58. The SMILES string of the molecule is Nc1c(C=O)ccc2ccc(-c3cccc4ccc(Cl)nc34)nc12. The molecular formula is C19H12ClN3O. The molecule has 0 amide bonds. The molecule has 4 nitrogen and oxygen atoms in total. The molecule has 116 valence electrons. The second-order valence-corrected chi connectivity index (χ2v) is 5.85. The molecule has 0 aliphatic heterocycles. The third-order valence-electron chi connectivity index (χ3n) is 4.02. The molecule has 2 aromatic carbocycles. The fourth-order valence-corrected chi connectivity index (χ4v) is 2.96. The Morgan fingerprint density at radius 2 is 1.62 bits per heavy atom. The van der Waals surface area contributed by atoms with E-state index in [-0.39, 0.29) is 0 Å². The van der Waals surface area contributed by atoms with Crippen molar-refractivity contribution in [2.75, 3.05) is 5.73 Å². The smallest absolute Gasteiger partial charge is 0.152 e. The minimum Gasteiger partial charge on any atom is -0.396 e. The Morgan fingerprint density at radius 3 is 2.46 bits per heavy atom. The molecule has 2 heterocycles. The van der Waals surface area contributed by atoms with Gasteiger partial charge in [0.2, 0.25) is 0 Å². The lowest BCUT2D eigenvalue weighted by molar-refractivity contribution is 0.112. The quantitative estimate of drug-likeness (QED) is 0.333. The summed E-state index contributed by atoms with van der Waals surface area (Å²) < 4.78 is 0. The van der Waals surface area contributed by atoms with Gasteiger partial charge in [-0.1, -0.05) is 41.9 Å². The number of rotatable bonds is 2.